The number of nitrogens with one attached hydrogen (secondary N) is 1. The highest BCUT2D eigenvalue weighted by molar-refractivity contribution is 5.85. The summed E-state index contributed by atoms with van der Waals surface area (Å²) in [5.74, 6) is -0.507. The summed E-state index contributed by atoms with van der Waals surface area (Å²) in [6.45, 7) is 2.01. The molecule has 0 saturated carbocycles. The normalized spacial score (nSPS) is 17.4. The molecule has 1 fully saturated rings. The van der Waals surface area contributed by atoms with Gasteiger partial charge in [-0.2, -0.15) is 17.6 Å². The van der Waals surface area contributed by atoms with Crippen molar-refractivity contribution in [1.82, 2.24) is 10.2 Å². The smallest absolute Gasteiger partial charge is 0.428 e. The van der Waals surface area contributed by atoms with Crippen LogP contribution in [0.3, 0.4) is 0 Å². The van der Waals surface area contributed by atoms with E-state index in [9.17, 15) is 26.3 Å². The van der Waals surface area contributed by atoms with Gasteiger partial charge in [0.05, 0.1) is 0 Å². The molecule has 0 aromatic heterocycles. The number of para-hydroxylation sites is 1. The van der Waals surface area contributed by atoms with Crippen molar-refractivity contribution in [3.05, 3.63) is 29.8 Å². The monoisotopic (exact) mass is 392 g/mol. The zero-order valence-corrected chi connectivity index (χ0v) is 13.9. The molecule has 25 heavy (non-hydrogen) atoms. The second-order valence-electron chi connectivity index (χ2n) is 5.43. The molecule has 0 amide bonds. The van der Waals surface area contributed by atoms with Crippen molar-refractivity contribution < 1.29 is 31.1 Å². The van der Waals surface area contributed by atoms with Gasteiger partial charge in [0, 0.05) is 44.2 Å². The van der Waals surface area contributed by atoms with Crippen molar-refractivity contribution in [3.8, 4) is 5.75 Å². The molecule has 1 aliphatic rings. The van der Waals surface area contributed by atoms with Crippen LogP contribution in [-0.4, -0.2) is 50.0 Å². The van der Waals surface area contributed by atoms with Crippen LogP contribution in [0, 0.1) is 0 Å². The largest absolute Gasteiger partial charge is 0.461 e. The van der Waals surface area contributed by atoms with Crippen LogP contribution >= 0.6 is 12.4 Å². The molecular weight excluding hydrogens is 374 g/mol. The van der Waals surface area contributed by atoms with Crippen LogP contribution in [0.15, 0.2) is 24.3 Å². The molecule has 0 radical (unpaired) electrons. The topological polar surface area (TPSA) is 24.5 Å². The van der Waals surface area contributed by atoms with E-state index < -0.39 is 37.2 Å². The van der Waals surface area contributed by atoms with E-state index in [1.807, 2.05) is 0 Å². The molecule has 2 rings (SSSR count). The molecule has 0 unspecified atom stereocenters. The number of hydrogen-bond acceptors (Lipinski definition) is 3. The minimum Gasteiger partial charge on any atom is -0.428 e. The molecule has 0 bridgehead atoms. The maximum atomic E-state index is 13.2. The van der Waals surface area contributed by atoms with Gasteiger partial charge in [0.15, 0.2) is 0 Å². The van der Waals surface area contributed by atoms with Gasteiger partial charge < -0.3 is 10.1 Å². The predicted octanol–water partition coefficient (Wildman–Crippen LogP) is 3.95. The minimum absolute atomic E-state index is 0. The van der Waals surface area contributed by atoms with Crippen LogP contribution in [0.25, 0.3) is 0 Å². The standard InChI is InChI=1S/C15H18F6N2O.ClH/c16-13(17)9-11(23-7-5-22-6-8-23)10-3-1-2-4-12(10)24-15(20,21)14(18)19;/h1-4,11,13-14,22H,5-9H2;1H/t11-;/m0./s1. The van der Waals surface area contributed by atoms with Crippen molar-refractivity contribution in [2.75, 3.05) is 26.2 Å². The lowest BCUT2D eigenvalue weighted by Gasteiger charge is -2.36. The van der Waals surface area contributed by atoms with Gasteiger partial charge in [-0.1, -0.05) is 18.2 Å². The van der Waals surface area contributed by atoms with E-state index in [1.54, 1.807) is 4.90 Å². The summed E-state index contributed by atoms with van der Waals surface area (Å²) in [5, 5.41) is 3.06. The Kier molecular flexibility index (Phi) is 8.30. The zero-order chi connectivity index (χ0) is 17.7. The maximum Gasteiger partial charge on any atom is 0.461 e. The minimum atomic E-state index is -4.69. The Morgan fingerprint density at radius 1 is 1.08 bits per heavy atom. The highest BCUT2D eigenvalue weighted by Crippen LogP contribution is 2.37. The summed E-state index contributed by atoms with van der Waals surface area (Å²) in [6, 6.07) is 4.36. The van der Waals surface area contributed by atoms with Gasteiger partial charge in [0.2, 0.25) is 6.43 Å². The average Bonchev–Trinajstić information content (AvgIpc) is 2.53. The lowest BCUT2D eigenvalue weighted by atomic mass is 10.00. The lowest BCUT2D eigenvalue weighted by molar-refractivity contribution is -0.253. The van der Waals surface area contributed by atoms with Crippen LogP contribution in [0.1, 0.15) is 18.0 Å². The van der Waals surface area contributed by atoms with Crippen molar-refractivity contribution in [1.29, 1.82) is 0 Å². The Hall–Kier alpha value is -1.19. The third-order valence-corrected chi connectivity index (χ3v) is 3.77. The summed E-state index contributed by atoms with van der Waals surface area (Å²) in [5.41, 5.74) is 0.0556. The van der Waals surface area contributed by atoms with Crippen LogP contribution in [0.2, 0.25) is 0 Å². The van der Waals surface area contributed by atoms with Gasteiger partial charge in [0.1, 0.15) is 5.75 Å². The van der Waals surface area contributed by atoms with Crippen molar-refractivity contribution in [2.45, 2.75) is 31.4 Å². The number of halogens is 7. The Bertz CT molecular complexity index is 528. The number of hydrogen-bond donors (Lipinski definition) is 1. The summed E-state index contributed by atoms with van der Waals surface area (Å²) in [7, 11) is 0. The van der Waals surface area contributed by atoms with E-state index in [1.165, 1.54) is 18.2 Å². The molecular formula is C15H19ClF6N2O. The highest BCUT2D eigenvalue weighted by Gasteiger charge is 2.44. The van der Waals surface area contributed by atoms with Crippen LogP contribution in [0.5, 0.6) is 5.75 Å². The average molecular weight is 393 g/mol. The first-order valence-corrected chi connectivity index (χ1v) is 7.48. The van der Waals surface area contributed by atoms with E-state index in [-0.39, 0.29) is 18.0 Å². The molecule has 1 aromatic carbocycles. The van der Waals surface area contributed by atoms with Gasteiger partial charge in [0.25, 0.3) is 0 Å². The van der Waals surface area contributed by atoms with Crippen molar-refractivity contribution in [3.63, 3.8) is 0 Å². The molecule has 1 aliphatic heterocycles. The summed E-state index contributed by atoms with van der Waals surface area (Å²) in [4.78, 5) is 1.71. The van der Waals surface area contributed by atoms with Crippen LogP contribution in [-0.2, 0) is 0 Å². The first kappa shape index (κ1) is 21.9. The van der Waals surface area contributed by atoms with Gasteiger partial charge in [-0.25, -0.2) is 8.78 Å². The molecule has 1 atom stereocenters. The Labute approximate surface area is 147 Å². The first-order chi connectivity index (χ1) is 11.3. The molecule has 1 heterocycles. The molecule has 10 heteroatoms. The number of piperazine rings is 1. The highest BCUT2D eigenvalue weighted by atomic mass is 35.5. The van der Waals surface area contributed by atoms with E-state index in [0.29, 0.717) is 26.2 Å². The number of alkyl halides is 6. The van der Waals surface area contributed by atoms with Crippen molar-refractivity contribution >= 4 is 12.4 Å². The van der Waals surface area contributed by atoms with E-state index in [4.69, 9.17) is 0 Å². The number of ether oxygens (including phenoxy) is 1. The maximum absolute atomic E-state index is 13.2. The molecule has 3 nitrogen and oxygen atoms in total. The lowest BCUT2D eigenvalue weighted by Crippen LogP contribution is -2.45. The molecule has 0 aliphatic carbocycles. The van der Waals surface area contributed by atoms with E-state index >= 15 is 0 Å². The van der Waals surface area contributed by atoms with Gasteiger partial charge >= 0.3 is 12.5 Å². The molecule has 1 N–H and O–H groups in total. The van der Waals surface area contributed by atoms with Crippen molar-refractivity contribution in [2.24, 2.45) is 0 Å². The van der Waals surface area contributed by atoms with Gasteiger partial charge in [-0.3, -0.25) is 4.90 Å². The second kappa shape index (κ2) is 9.49. The van der Waals surface area contributed by atoms with Gasteiger partial charge in [-0.05, 0) is 6.07 Å². The fraction of sp³-hybridized carbons (Fsp3) is 0.600. The quantitative estimate of drug-likeness (QED) is 0.711. The fourth-order valence-corrected chi connectivity index (χ4v) is 2.68. The van der Waals surface area contributed by atoms with E-state index in [2.05, 4.69) is 10.1 Å². The molecule has 1 saturated heterocycles. The number of nitrogens with zero attached hydrogens (tertiary/aromatic N) is 1. The number of benzene rings is 1. The SMILES string of the molecule is Cl.FC(F)C[C@@H](c1ccccc1OC(F)(F)C(F)F)N1CCNCC1. The zero-order valence-electron chi connectivity index (χ0n) is 13.1. The number of rotatable bonds is 7. The third-order valence-electron chi connectivity index (χ3n) is 3.77. The second-order valence-corrected chi connectivity index (χ2v) is 5.43. The van der Waals surface area contributed by atoms with Gasteiger partial charge in [-0.15, -0.1) is 12.4 Å². The third kappa shape index (κ3) is 5.93. The fourth-order valence-electron chi connectivity index (χ4n) is 2.68. The first-order valence-electron chi connectivity index (χ1n) is 7.48. The van der Waals surface area contributed by atoms with Crippen LogP contribution < -0.4 is 10.1 Å². The van der Waals surface area contributed by atoms with Crippen LogP contribution in [0.4, 0.5) is 26.3 Å². The Morgan fingerprint density at radius 2 is 1.68 bits per heavy atom. The summed E-state index contributed by atoms with van der Waals surface area (Å²) in [6.07, 6.45) is -12.0. The Balaban J connectivity index is 0.00000312. The summed E-state index contributed by atoms with van der Waals surface area (Å²) < 4.78 is 81.4. The summed E-state index contributed by atoms with van der Waals surface area (Å²) >= 11 is 0. The van der Waals surface area contributed by atoms with E-state index in [0.717, 1.165) is 6.07 Å². The molecule has 1 aromatic rings. The predicted molar refractivity (Wildman–Crippen MR) is 83.1 cm³/mol. The Morgan fingerprint density at radius 3 is 2.24 bits per heavy atom. The molecule has 144 valence electrons. The molecule has 0 spiro atoms.